The minimum Gasteiger partial charge on any atom is -0.463 e. The Balaban J connectivity index is 0.000000151. The molecule has 1 aromatic carbocycles. The highest BCUT2D eigenvalue weighted by Gasteiger charge is 2.18. The molecule has 4 N–H and O–H groups in total. The standard InChI is InChI=1S/C16H15N7O2.C15H12N6O/c1-24-9-11-5-2-4-10(18-11)8-23-15-14(21-22-23)13(19-16(17)20-15)12-6-3-7-25-12;16-15-17-12(11-7-4-8-22-11)13-14(18-15)21(20-19-13)9-10-5-2-1-3-6-10/h2-7H,8-9H2,1H3,(H2,17,19,20);1-8H,9H2,(H2,16,17,18). The summed E-state index contributed by atoms with van der Waals surface area (Å²) in [5, 5.41) is 16.7. The van der Waals surface area contributed by atoms with E-state index >= 15 is 0 Å². The lowest BCUT2D eigenvalue weighted by molar-refractivity contribution is 0.181. The molecule has 0 radical (unpaired) electrons. The predicted molar refractivity (Wildman–Crippen MR) is 170 cm³/mol. The van der Waals surface area contributed by atoms with Gasteiger partial charge in [0, 0.05) is 7.11 Å². The molecule has 47 heavy (non-hydrogen) atoms. The number of furan rings is 2. The molecule has 8 aromatic rings. The average Bonchev–Trinajstić information content (AvgIpc) is 3.91. The number of fused-ring (bicyclic) bond motifs is 2. The highest BCUT2D eigenvalue weighted by Crippen LogP contribution is 2.27. The van der Waals surface area contributed by atoms with E-state index in [0.717, 1.165) is 17.0 Å². The molecule has 16 heteroatoms. The number of nitrogens with zero attached hydrogens (tertiary/aromatic N) is 11. The van der Waals surface area contributed by atoms with Crippen LogP contribution in [0.15, 0.2) is 94.2 Å². The predicted octanol–water partition coefficient (Wildman–Crippen LogP) is 3.77. The van der Waals surface area contributed by atoms with E-state index in [4.69, 9.17) is 25.0 Å². The number of hydrogen-bond acceptors (Lipinski definition) is 14. The zero-order chi connectivity index (χ0) is 32.2. The Morgan fingerprint density at radius 2 is 1.19 bits per heavy atom. The number of pyridine rings is 1. The van der Waals surface area contributed by atoms with Gasteiger partial charge in [0.1, 0.15) is 11.4 Å². The summed E-state index contributed by atoms with van der Waals surface area (Å²) in [6.07, 6.45) is 3.14. The van der Waals surface area contributed by atoms with Crippen molar-refractivity contribution in [2.45, 2.75) is 19.7 Å². The minimum atomic E-state index is 0.128. The molecule has 0 spiro atoms. The summed E-state index contributed by atoms with van der Waals surface area (Å²) in [6, 6.07) is 22.9. The van der Waals surface area contributed by atoms with Crippen LogP contribution in [0.25, 0.3) is 45.2 Å². The van der Waals surface area contributed by atoms with Crippen molar-refractivity contribution >= 4 is 34.2 Å². The Kier molecular flexibility index (Phi) is 7.96. The van der Waals surface area contributed by atoms with Gasteiger partial charge in [0.15, 0.2) is 33.8 Å². The summed E-state index contributed by atoms with van der Waals surface area (Å²) >= 11 is 0. The van der Waals surface area contributed by atoms with Crippen LogP contribution in [0.1, 0.15) is 17.0 Å². The van der Waals surface area contributed by atoms with Gasteiger partial charge in [0.2, 0.25) is 11.9 Å². The maximum atomic E-state index is 5.85. The van der Waals surface area contributed by atoms with Crippen molar-refractivity contribution in [3.63, 3.8) is 0 Å². The van der Waals surface area contributed by atoms with E-state index in [1.807, 2.05) is 48.5 Å². The molecule has 0 bridgehead atoms. The molecule has 8 rings (SSSR count). The SMILES string of the molecule is COCc1cccc(Cn2nnc3c(-c4ccco4)nc(N)nc32)n1.Nc1nc(-c2ccco2)c2nnn(Cc3ccccc3)c2n1. The second-order valence-electron chi connectivity index (χ2n) is 10.2. The molecule has 234 valence electrons. The number of nitrogen functional groups attached to an aromatic ring is 2. The Bertz CT molecular complexity index is 2250. The van der Waals surface area contributed by atoms with E-state index in [9.17, 15) is 0 Å². The van der Waals surface area contributed by atoms with Crippen LogP contribution in [0, 0.1) is 0 Å². The smallest absolute Gasteiger partial charge is 0.222 e. The van der Waals surface area contributed by atoms with Crippen LogP contribution in [0.4, 0.5) is 11.9 Å². The van der Waals surface area contributed by atoms with Crippen LogP contribution in [0.5, 0.6) is 0 Å². The Morgan fingerprint density at radius 1 is 0.617 bits per heavy atom. The summed E-state index contributed by atoms with van der Waals surface area (Å²) in [5.41, 5.74) is 17.7. The maximum absolute atomic E-state index is 5.85. The van der Waals surface area contributed by atoms with E-state index in [0.29, 0.717) is 64.9 Å². The van der Waals surface area contributed by atoms with Crippen molar-refractivity contribution in [2.75, 3.05) is 18.6 Å². The van der Waals surface area contributed by atoms with Gasteiger partial charge in [-0.3, -0.25) is 4.98 Å². The van der Waals surface area contributed by atoms with Crippen LogP contribution < -0.4 is 11.5 Å². The summed E-state index contributed by atoms with van der Waals surface area (Å²) < 4.78 is 19.2. The lowest BCUT2D eigenvalue weighted by Gasteiger charge is -2.05. The third kappa shape index (κ3) is 6.20. The number of ether oxygens (including phenoxy) is 1. The topological polar surface area (TPSA) is 213 Å². The normalized spacial score (nSPS) is 11.2. The van der Waals surface area contributed by atoms with Gasteiger partial charge in [-0.05, 0) is 42.0 Å². The van der Waals surface area contributed by atoms with Gasteiger partial charge < -0.3 is 25.0 Å². The van der Waals surface area contributed by atoms with Crippen molar-refractivity contribution in [2.24, 2.45) is 0 Å². The Hall–Kier alpha value is -6.55. The molecular weight excluding hydrogens is 602 g/mol. The molecule has 0 aliphatic rings. The number of aromatic nitrogens is 11. The maximum Gasteiger partial charge on any atom is 0.222 e. The summed E-state index contributed by atoms with van der Waals surface area (Å²) in [7, 11) is 1.63. The fourth-order valence-corrected chi connectivity index (χ4v) is 4.88. The molecular formula is C31H27N13O3. The number of rotatable bonds is 8. The first-order valence-electron chi connectivity index (χ1n) is 14.3. The molecule has 7 heterocycles. The van der Waals surface area contributed by atoms with Crippen LogP contribution in [-0.2, 0) is 24.4 Å². The third-order valence-corrected chi connectivity index (χ3v) is 6.91. The minimum absolute atomic E-state index is 0.128. The summed E-state index contributed by atoms with van der Waals surface area (Å²) in [6.45, 7) is 1.41. The molecule has 16 nitrogen and oxygen atoms in total. The van der Waals surface area contributed by atoms with E-state index in [1.165, 1.54) is 0 Å². The van der Waals surface area contributed by atoms with E-state index in [2.05, 4.69) is 45.5 Å². The Labute approximate surface area is 266 Å². The lowest BCUT2D eigenvalue weighted by Crippen LogP contribution is -2.07. The lowest BCUT2D eigenvalue weighted by atomic mass is 10.2. The summed E-state index contributed by atoms with van der Waals surface area (Å²) in [5.74, 6) is 1.44. The van der Waals surface area contributed by atoms with Crippen LogP contribution in [0.3, 0.4) is 0 Å². The highest BCUT2D eigenvalue weighted by atomic mass is 16.5. The second-order valence-corrected chi connectivity index (χ2v) is 10.2. The van der Waals surface area contributed by atoms with Crippen molar-refractivity contribution in [3.05, 3.63) is 102 Å². The van der Waals surface area contributed by atoms with E-state index in [-0.39, 0.29) is 11.9 Å². The van der Waals surface area contributed by atoms with Crippen molar-refractivity contribution in [3.8, 4) is 22.9 Å². The van der Waals surface area contributed by atoms with Crippen molar-refractivity contribution < 1.29 is 13.6 Å². The van der Waals surface area contributed by atoms with Crippen LogP contribution in [-0.4, -0.2) is 62.0 Å². The largest absolute Gasteiger partial charge is 0.463 e. The molecule has 0 unspecified atom stereocenters. The fraction of sp³-hybridized carbons (Fsp3) is 0.129. The Morgan fingerprint density at radius 3 is 1.74 bits per heavy atom. The van der Waals surface area contributed by atoms with E-state index < -0.39 is 0 Å². The number of anilines is 2. The summed E-state index contributed by atoms with van der Waals surface area (Å²) in [4.78, 5) is 21.5. The van der Waals surface area contributed by atoms with Crippen molar-refractivity contribution in [1.82, 2.24) is 54.9 Å². The second kappa shape index (κ2) is 12.8. The van der Waals surface area contributed by atoms with Gasteiger partial charge >= 0.3 is 0 Å². The monoisotopic (exact) mass is 629 g/mol. The number of benzene rings is 1. The van der Waals surface area contributed by atoms with Gasteiger partial charge in [0.25, 0.3) is 0 Å². The number of hydrogen-bond donors (Lipinski definition) is 2. The van der Waals surface area contributed by atoms with Gasteiger partial charge in [-0.1, -0.05) is 46.8 Å². The first-order chi connectivity index (χ1) is 23.1. The molecule has 0 aliphatic carbocycles. The molecule has 0 fully saturated rings. The van der Waals surface area contributed by atoms with Crippen molar-refractivity contribution in [1.29, 1.82) is 0 Å². The average molecular weight is 630 g/mol. The number of methoxy groups -OCH3 is 1. The first-order valence-corrected chi connectivity index (χ1v) is 14.3. The number of nitrogens with two attached hydrogens (primary N) is 2. The molecule has 0 saturated carbocycles. The van der Waals surface area contributed by atoms with Gasteiger partial charge in [-0.2, -0.15) is 9.97 Å². The molecule has 0 aliphatic heterocycles. The zero-order valence-corrected chi connectivity index (χ0v) is 25.0. The molecule has 0 amide bonds. The van der Waals surface area contributed by atoms with E-state index in [1.54, 1.807) is 53.3 Å². The third-order valence-electron chi connectivity index (χ3n) is 6.91. The highest BCUT2D eigenvalue weighted by molar-refractivity contribution is 5.86. The van der Waals surface area contributed by atoms with Crippen LogP contribution in [0.2, 0.25) is 0 Å². The van der Waals surface area contributed by atoms with Gasteiger partial charge in [-0.15, -0.1) is 10.2 Å². The quantitative estimate of drug-likeness (QED) is 0.245. The fourth-order valence-electron chi connectivity index (χ4n) is 4.88. The van der Waals surface area contributed by atoms with Gasteiger partial charge in [-0.25, -0.2) is 19.3 Å². The zero-order valence-electron chi connectivity index (χ0n) is 25.0. The van der Waals surface area contributed by atoms with Gasteiger partial charge in [0.05, 0.1) is 43.6 Å². The molecule has 0 atom stereocenters. The first kappa shape index (κ1) is 29.2. The van der Waals surface area contributed by atoms with Crippen LogP contribution >= 0.6 is 0 Å². The molecule has 0 saturated heterocycles. The molecule has 7 aromatic heterocycles.